The van der Waals surface area contributed by atoms with E-state index in [4.69, 9.17) is 4.12 Å². The molecule has 0 spiro atoms. The maximum atomic E-state index is 6.16. The van der Waals surface area contributed by atoms with Crippen LogP contribution in [-0.2, 0) is 4.12 Å². The van der Waals surface area contributed by atoms with Gasteiger partial charge in [0.15, 0.2) is 8.32 Å². The molecule has 1 nitrogen and oxygen atoms in total. The molecule has 0 amide bonds. The highest BCUT2D eigenvalue weighted by atomic mass is 28.4. The van der Waals surface area contributed by atoms with Crippen molar-refractivity contribution in [1.29, 1.82) is 0 Å². The van der Waals surface area contributed by atoms with Crippen molar-refractivity contribution in [3.63, 3.8) is 0 Å². The molecule has 0 atom stereocenters. The van der Waals surface area contributed by atoms with E-state index in [1.807, 2.05) is 0 Å². The lowest BCUT2D eigenvalue weighted by atomic mass is 10.2. The van der Waals surface area contributed by atoms with Crippen LogP contribution in [0.1, 0.15) is 39.0 Å². The van der Waals surface area contributed by atoms with Gasteiger partial charge in [0.25, 0.3) is 8.32 Å². The van der Waals surface area contributed by atoms with Gasteiger partial charge in [-0.05, 0) is 39.2 Å². The predicted octanol–water partition coefficient (Wildman–Crippen LogP) is 4.56. The van der Waals surface area contributed by atoms with Crippen molar-refractivity contribution in [2.75, 3.05) is 0 Å². The van der Waals surface area contributed by atoms with Crippen molar-refractivity contribution in [2.24, 2.45) is 0 Å². The SMILES string of the molecule is CCCCCCC#C[Si](C)(C)O[Si](C)(C)C. The molecule has 0 fully saturated rings. The molecule has 3 heteroatoms. The van der Waals surface area contributed by atoms with Crippen LogP contribution in [0.4, 0.5) is 0 Å². The summed E-state index contributed by atoms with van der Waals surface area (Å²) in [7, 11) is -3.12. The molecule has 0 aliphatic rings. The standard InChI is InChI=1S/C13H28OSi2/c1-7-8-9-10-11-12-13-16(5,6)14-15(2,3)4/h7-11H2,1-6H3. The maximum absolute atomic E-state index is 6.16. The Bertz CT molecular complexity index is 243. The highest BCUT2D eigenvalue weighted by Crippen LogP contribution is 2.13. The second kappa shape index (κ2) is 7.31. The van der Waals surface area contributed by atoms with Gasteiger partial charge in [0.1, 0.15) is 0 Å². The van der Waals surface area contributed by atoms with Gasteiger partial charge in [-0.1, -0.05) is 31.7 Å². The first-order valence-electron chi connectivity index (χ1n) is 6.47. The zero-order valence-electron chi connectivity index (χ0n) is 11.9. The van der Waals surface area contributed by atoms with Crippen LogP contribution < -0.4 is 0 Å². The van der Waals surface area contributed by atoms with E-state index in [-0.39, 0.29) is 0 Å². The van der Waals surface area contributed by atoms with Gasteiger partial charge in [0.2, 0.25) is 0 Å². The van der Waals surface area contributed by atoms with Crippen LogP contribution in [0.15, 0.2) is 0 Å². The molecule has 0 N–H and O–H groups in total. The monoisotopic (exact) mass is 256 g/mol. The molecule has 0 heterocycles. The van der Waals surface area contributed by atoms with Gasteiger partial charge in [-0.2, -0.15) is 0 Å². The van der Waals surface area contributed by atoms with Crippen LogP contribution in [0.3, 0.4) is 0 Å². The van der Waals surface area contributed by atoms with Crippen molar-refractivity contribution in [3.05, 3.63) is 0 Å². The van der Waals surface area contributed by atoms with Gasteiger partial charge in [-0.3, -0.25) is 0 Å². The minimum atomic E-state index is -1.71. The van der Waals surface area contributed by atoms with Crippen molar-refractivity contribution in [1.82, 2.24) is 0 Å². The van der Waals surface area contributed by atoms with Crippen LogP contribution in [0.25, 0.3) is 0 Å². The second-order valence-electron chi connectivity index (χ2n) is 5.84. The Labute approximate surface area is 104 Å². The molecular weight excluding hydrogens is 228 g/mol. The molecule has 0 saturated heterocycles. The smallest absolute Gasteiger partial charge is 0.255 e. The first-order valence-corrected chi connectivity index (χ1v) is 12.8. The largest absolute Gasteiger partial charge is 0.447 e. The van der Waals surface area contributed by atoms with Crippen LogP contribution in [-0.4, -0.2) is 16.6 Å². The van der Waals surface area contributed by atoms with Gasteiger partial charge >= 0.3 is 0 Å². The Kier molecular flexibility index (Phi) is 7.29. The van der Waals surface area contributed by atoms with E-state index in [1.54, 1.807) is 0 Å². The molecule has 0 unspecified atom stereocenters. The Morgan fingerprint density at radius 3 is 2.06 bits per heavy atom. The molecule has 94 valence electrons. The topological polar surface area (TPSA) is 9.23 Å². The third-order valence-corrected chi connectivity index (χ3v) is 7.38. The Morgan fingerprint density at radius 2 is 1.56 bits per heavy atom. The highest BCUT2D eigenvalue weighted by molar-refractivity contribution is 6.88. The van der Waals surface area contributed by atoms with E-state index in [0.29, 0.717) is 0 Å². The summed E-state index contributed by atoms with van der Waals surface area (Å²) in [6.07, 6.45) is 6.26. The molecule has 0 aromatic rings. The maximum Gasteiger partial charge on any atom is 0.255 e. The molecule has 16 heavy (non-hydrogen) atoms. The predicted molar refractivity (Wildman–Crippen MR) is 78.4 cm³/mol. The summed E-state index contributed by atoms with van der Waals surface area (Å²) in [4.78, 5) is 0. The zero-order chi connectivity index (χ0) is 12.7. The number of rotatable bonds is 6. The molecule has 0 radical (unpaired) electrons. The van der Waals surface area contributed by atoms with Gasteiger partial charge in [-0.25, -0.2) is 0 Å². The van der Waals surface area contributed by atoms with Gasteiger partial charge in [0, 0.05) is 6.42 Å². The lowest BCUT2D eigenvalue weighted by Gasteiger charge is -2.26. The summed E-state index contributed by atoms with van der Waals surface area (Å²) in [6, 6.07) is 0. The summed E-state index contributed by atoms with van der Waals surface area (Å²) >= 11 is 0. The minimum Gasteiger partial charge on any atom is -0.447 e. The van der Waals surface area contributed by atoms with Gasteiger partial charge in [0.05, 0.1) is 0 Å². The quantitative estimate of drug-likeness (QED) is 0.385. The summed E-state index contributed by atoms with van der Waals surface area (Å²) in [5.74, 6) is 3.32. The first kappa shape index (κ1) is 16.0. The van der Waals surface area contributed by atoms with Gasteiger partial charge < -0.3 is 4.12 Å². The number of hydrogen-bond acceptors (Lipinski definition) is 1. The fourth-order valence-corrected chi connectivity index (χ4v) is 8.59. The average molecular weight is 257 g/mol. The molecule has 0 aromatic carbocycles. The molecule has 0 aromatic heterocycles. The fourth-order valence-electron chi connectivity index (χ4n) is 1.71. The van der Waals surface area contributed by atoms with Gasteiger partial charge in [-0.15, -0.1) is 5.92 Å². The lowest BCUT2D eigenvalue weighted by Crippen LogP contribution is -2.41. The Morgan fingerprint density at radius 1 is 0.938 bits per heavy atom. The fraction of sp³-hybridized carbons (Fsp3) is 0.846. The second-order valence-corrected chi connectivity index (χ2v) is 14.1. The first-order chi connectivity index (χ1) is 7.27. The van der Waals surface area contributed by atoms with Crippen molar-refractivity contribution in [3.8, 4) is 11.5 Å². The summed E-state index contributed by atoms with van der Waals surface area (Å²) in [5, 5.41) is 0. The zero-order valence-corrected chi connectivity index (χ0v) is 13.9. The van der Waals surface area contributed by atoms with E-state index in [9.17, 15) is 0 Å². The van der Waals surface area contributed by atoms with Crippen molar-refractivity contribution < 1.29 is 4.12 Å². The minimum absolute atomic E-state index is 1.05. The van der Waals surface area contributed by atoms with Crippen LogP contribution in [0.5, 0.6) is 0 Å². The number of unbranched alkanes of at least 4 members (excludes halogenated alkanes) is 4. The molecule has 0 bridgehead atoms. The summed E-state index contributed by atoms with van der Waals surface area (Å²) < 4.78 is 6.16. The van der Waals surface area contributed by atoms with Crippen LogP contribution in [0, 0.1) is 11.5 Å². The van der Waals surface area contributed by atoms with E-state index in [1.165, 1.54) is 25.7 Å². The Hall–Kier alpha value is -0.0462. The number of hydrogen-bond donors (Lipinski definition) is 0. The normalized spacial score (nSPS) is 12.1. The lowest BCUT2D eigenvalue weighted by molar-refractivity contribution is 0.567. The molecular formula is C13H28OSi2. The van der Waals surface area contributed by atoms with E-state index >= 15 is 0 Å². The van der Waals surface area contributed by atoms with Crippen LogP contribution >= 0.6 is 0 Å². The van der Waals surface area contributed by atoms with Crippen LogP contribution in [0.2, 0.25) is 32.7 Å². The molecule has 0 saturated carbocycles. The Balaban J connectivity index is 3.92. The van der Waals surface area contributed by atoms with E-state index in [0.717, 1.165) is 6.42 Å². The van der Waals surface area contributed by atoms with E-state index in [2.05, 4.69) is 51.1 Å². The summed E-state index contributed by atoms with van der Waals surface area (Å²) in [6.45, 7) is 13.4. The molecule has 0 aliphatic carbocycles. The average Bonchev–Trinajstić information content (AvgIpc) is 2.06. The van der Waals surface area contributed by atoms with Crippen molar-refractivity contribution >= 4 is 16.6 Å². The highest BCUT2D eigenvalue weighted by Gasteiger charge is 2.27. The third kappa shape index (κ3) is 10.5. The molecule has 0 rings (SSSR count). The molecule has 0 aliphatic heterocycles. The van der Waals surface area contributed by atoms with Crippen molar-refractivity contribution in [2.45, 2.75) is 71.8 Å². The summed E-state index contributed by atoms with van der Waals surface area (Å²) in [5.41, 5.74) is 3.39. The van der Waals surface area contributed by atoms with E-state index < -0.39 is 16.6 Å². The third-order valence-electron chi connectivity index (χ3n) is 2.11.